The number of nitrogens with one attached hydrogen (secondary N) is 1. The van der Waals surface area contributed by atoms with Gasteiger partial charge < -0.3 is 9.84 Å². The molecule has 1 aromatic carbocycles. The van der Waals surface area contributed by atoms with Crippen LogP contribution in [0.25, 0.3) is 11.4 Å². The first-order valence-electron chi connectivity index (χ1n) is 9.98. The van der Waals surface area contributed by atoms with Crippen molar-refractivity contribution >= 4 is 11.6 Å². The molecular formula is C21H23N5O4. The monoisotopic (exact) mass is 409 g/mol. The van der Waals surface area contributed by atoms with Gasteiger partial charge in [0.05, 0.1) is 0 Å². The van der Waals surface area contributed by atoms with E-state index >= 15 is 0 Å². The van der Waals surface area contributed by atoms with E-state index in [1.807, 2.05) is 25.1 Å². The van der Waals surface area contributed by atoms with Gasteiger partial charge in [-0.25, -0.2) is 4.79 Å². The number of carbonyl (C=O) groups excluding carboxylic acids is 1. The minimum absolute atomic E-state index is 0.149. The number of rotatable bonds is 4. The molecule has 0 atom stereocenters. The molecule has 30 heavy (non-hydrogen) atoms. The average Bonchev–Trinajstić information content (AvgIpc) is 2.97. The summed E-state index contributed by atoms with van der Waals surface area (Å²) in [7, 11) is 0. The summed E-state index contributed by atoms with van der Waals surface area (Å²) in [6, 6.07) is 7.31. The summed E-state index contributed by atoms with van der Waals surface area (Å²) in [6.45, 7) is 3.64. The highest BCUT2D eigenvalue weighted by Crippen LogP contribution is 2.21. The first-order valence-corrected chi connectivity index (χ1v) is 9.98. The normalized spacial score (nSPS) is 13.5. The maximum absolute atomic E-state index is 13.3. The predicted molar refractivity (Wildman–Crippen MR) is 110 cm³/mol. The maximum atomic E-state index is 13.3. The first-order chi connectivity index (χ1) is 14.4. The Kier molecular flexibility index (Phi) is 5.35. The second-order valence-electron chi connectivity index (χ2n) is 7.51. The fraction of sp³-hybridized carbons (Fsp3) is 0.381. The van der Waals surface area contributed by atoms with Gasteiger partial charge in [0.15, 0.2) is 0 Å². The molecule has 9 heteroatoms. The van der Waals surface area contributed by atoms with Crippen molar-refractivity contribution in [1.82, 2.24) is 19.3 Å². The van der Waals surface area contributed by atoms with Crippen LogP contribution in [0.5, 0.6) is 0 Å². The molecule has 3 heterocycles. The maximum Gasteiger partial charge on any atom is 0.331 e. The number of hydrogen-bond acceptors (Lipinski definition) is 6. The fourth-order valence-electron chi connectivity index (χ4n) is 3.80. The minimum Gasteiger partial charge on any atom is -0.339 e. The molecule has 1 aliphatic heterocycles. The molecule has 156 valence electrons. The topological polar surface area (TPSA) is 112 Å². The number of nitrogens with zero attached hydrogens (tertiary/aromatic N) is 4. The lowest BCUT2D eigenvalue weighted by atomic mass is 10.1. The van der Waals surface area contributed by atoms with Crippen LogP contribution in [-0.4, -0.2) is 25.2 Å². The fourth-order valence-corrected chi connectivity index (χ4v) is 3.80. The lowest BCUT2D eigenvalue weighted by Crippen LogP contribution is -2.44. The Labute approximate surface area is 172 Å². The highest BCUT2D eigenvalue weighted by Gasteiger charge is 2.25. The van der Waals surface area contributed by atoms with E-state index in [1.54, 1.807) is 17.6 Å². The van der Waals surface area contributed by atoms with Gasteiger partial charge >= 0.3 is 5.69 Å². The standard InChI is InChI=1S/C21H23N5O4/c1-13-7-6-8-15(11-13)23-17(27)12-26-20(28)18(19-22-14(2)30-24-19)16-9-4-3-5-10-25(16)21(26)29/h6-8,11H,3-5,9-10,12H2,1-2H3,(H,23,27). The van der Waals surface area contributed by atoms with Crippen molar-refractivity contribution in [3.63, 3.8) is 0 Å². The number of amides is 1. The summed E-state index contributed by atoms with van der Waals surface area (Å²) >= 11 is 0. The zero-order valence-electron chi connectivity index (χ0n) is 17.0. The van der Waals surface area contributed by atoms with E-state index in [1.165, 1.54) is 0 Å². The molecule has 1 amide bonds. The molecule has 1 aliphatic rings. The van der Waals surface area contributed by atoms with E-state index in [4.69, 9.17) is 4.52 Å². The van der Waals surface area contributed by atoms with Gasteiger partial charge in [0, 0.05) is 24.8 Å². The van der Waals surface area contributed by atoms with Crippen molar-refractivity contribution in [2.75, 3.05) is 5.32 Å². The molecule has 0 bridgehead atoms. The summed E-state index contributed by atoms with van der Waals surface area (Å²) in [4.78, 5) is 43.2. The Morgan fingerprint density at radius 1 is 1.20 bits per heavy atom. The van der Waals surface area contributed by atoms with E-state index in [9.17, 15) is 14.4 Å². The minimum atomic E-state index is -0.576. The van der Waals surface area contributed by atoms with Crippen LogP contribution in [0.2, 0.25) is 0 Å². The molecular weight excluding hydrogens is 386 g/mol. The Hall–Kier alpha value is -3.49. The molecule has 3 aromatic rings. The summed E-state index contributed by atoms with van der Waals surface area (Å²) in [6.07, 6.45) is 3.21. The number of fused-ring (bicyclic) bond motifs is 1. The largest absolute Gasteiger partial charge is 0.339 e. The molecule has 0 saturated carbocycles. The van der Waals surface area contributed by atoms with Gasteiger partial charge in [0.25, 0.3) is 5.56 Å². The summed E-state index contributed by atoms with van der Waals surface area (Å²) in [5, 5.41) is 6.64. The van der Waals surface area contributed by atoms with Crippen LogP contribution in [0.3, 0.4) is 0 Å². The molecule has 4 rings (SSSR count). The van der Waals surface area contributed by atoms with Crippen LogP contribution in [0.15, 0.2) is 38.4 Å². The van der Waals surface area contributed by atoms with Crippen LogP contribution >= 0.6 is 0 Å². The molecule has 2 aromatic heterocycles. The molecule has 0 radical (unpaired) electrons. The summed E-state index contributed by atoms with van der Waals surface area (Å²) in [5.41, 5.74) is 1.38. The number of carbonyl (C=O) groups is 1. The van der Waals surface area contributed by atoms with Crippen LogP contribution in [0, 0.1) is 13.8 Å². The molecule has 0 unspecified atom stereocenters. The second kappa shape index (κ2) is 8.10. The van der Waals surface area contributed by atoms with Crippen molar-refractivity contribution in [3.8, 4) is 11.4 Å². The number of aromatic nitrogens is 4. The molecule has 0 aliphatic carbocycles. The van der Waals surface area contributed by atoms with Crippen molar-refractivity contribution in [2.24, 2.45) is 0 Å². The highest BCUT2D eigenvalue weighted by molar-refractivity contribution is 5.90. The molecule has 0 spiro atoms. The SMILES string of the molecule is Cc1cccc(NC(=O)Cn2c(=O)c(-c3noc(C)n3)c3n(c2=O)CCCCC3)c1. The number of anilines is 1. The van der Waals surface area contributed by atoms with Crippen LogP contribution < -0.4 is 16.6 Å². The Morgan fingerprint density at radius 2 is 2.03 bits per heavy atom. The van der Waals surface area contributed by atoms with E-state index in [0.29, 0.717) is 30.2 Å². The van der Waals surface area contributed by atoms with Crippen molar-refractivity contribution in [3.05, 3.63) is 62.3 Å². The average molecular weight is 409 g/mol. The predicted octanol–water partition coefficient (Wildman–Crippen LogP) is 2.04. The van der Waals surface area contributed by atoms with Gasteiger partial charge in [-0.2, -0.15) is 4.98 Å². The smallest absolute Gasteiger partial charge is 0.331 e. The van der Waals surface area contributed by atoms with Crippen molar-refractivity contribution in [2.45, 2.75) is 52.6 Å². The number of hydrogen-bond donors (Lipinski definition) is 1. The quantitative estimate of drug-likeness (QED) is 0.706. The van der Waals surface area contributed by atoms with E-state index in [0.717, 1.165) is 29.4 Å². The lowest BCUT2D eigenvalue weighted by molar-refractivity contribution is -0.116. The third-order valence-corrected chi connectivity index (χ3v) is 5.19. The first kappa shape index (κ1) is 19.8. The third kappa shape index (κ3) is 3.83. The van der Waals surface area contributed by atoms with Gasteiger partial charge in [-0.1, -0.05) is 23.7 Å². The number of benzene rings is 1. The van der Waals surface area contributed by atoms with Gasteiger partial charge in [-0.3, -0.25) is 18.7 Å². The van der Waals surface area contributed by atoms with Crippen LogP contribution in [0.1, 0.15) is 36.4 Å². The van der Waals surface area contributed by atoms with E-state index < -0.39 is 23.7 Å². The third-order valence-electron chi connectivity index (χ3n) is 5.19. The van der Waals surface area contributed by atoms with E-state index in [-0.39, 0.29) is 11.4 Å². The summed E-state index contributed by atoms with van der Waals surface area (Å²) in [5.74, 6) is 0.0203. The van der Waals surface area contributed by atoms with E-state index in [2.05, 4.69) is 15.5 Å². The zero-order valence-corrected chi connectivity index (χ0v) is 17.0. The number of aryl methyl sites for hydroxylation is 2. The lowest BCUT2D eigenvalue weighted by Gasteiger charge is -2.16. The van der Waals surface area contributed by atoms with Crippen LogP contribution in [-0.2, 0) is 24.3 Å². The van der Waals surface area contributed by atoms with Gasteiger partial charge in [-0.05, 0) is 43.9 Å². The highest BCUT2D eigenvalue weighted by atomic mass is 16.5. The van der Waals surface area contributed by atoms with Gasteiger partial charge in [-0.15, -0.1) is 0 Å². The molecule has 9 nitrogen and oxygen atoms in total. The zero-order chi connectivity index (χ0) is 21.3. The molecule has 0 saturated heterocycles. The van der Waals surface area contributed by atoms with Crippen LogP contribution in [0.4, 0.5) is 5.69 Å². The van der Waals surface area contributed by atoms with Crippen molar-refractivity contribution < 1.29 is 9.32 Å². The van der Waals surface area contributed by atoms with Crippen molar-refractivity contribution in [1.29, 1.82) is 0 Å². The summed E-state index contributed by atoms with van der Waals surface area (Å²) < 4.78 is 7.60. The van der Waals surface area contributed by atoms with Gasteiger partial charge in [0.1, 0.15) is 12.1 Å². The second-order valence-corrected chi connectivity index (χ2v) is 7.51. The molecule has 1 N–H and O–H groups in total. The Balaban J connectivity index is 1.78. The van der Waals surface area contributed by atoms with Gasteiger partial charge in [0.2, 0.25) is 17.6 Å². The molecule has 0 fully saturated rings. The Morgan fingerprint density at radius 3 is 2.77 bits per heavy atom. The Bertz CT molecular complexity index is 1220.